The Morgan fingerprint density at radius 2 is 1.97 bits per heavy atom. The van der Waals surface area contributed by atoms with Crippen molar-refractivity contribution in [1.82, 2.24) is 15.5 Å². The molecule has 0 saturated carbocycles. The molecule has 29 heavy (non-hydrogen) atoms. The molecule has 164 valence electrons. The normalized spacial score (nSPS) is 32.5. The zero-order chi connectivity index (χ0) is 21.0. The van der Waals surface area contributed by atoms with Crippen molar-refractivity contribution in [1.29, 1.82) is 0 Å². The highest BCUT2D eigenvalue weighted by Crippen LogP contribution is 2.58. The number of ether oxygens (including phenoxy) is 1. The number of hydrogen-bond donors (Lipinski definition) is 3. The summed E-state index contributed by atoms with van der Waals surface area (Å²) < 4.78 is 6.29. The lowest BCUT2D eigenvalue weighted by Gasteiger charge is -2.33. The van der Waals surface area contributed by atoms with Crippen molar-refractivity contribution in [3.63, 3.8) is 0 Å². The third kappa shape index (κ3) is 3.89. The molecule has 3 heterocycles. The number of aliphatic hydroxyl groups excluding tert-OH is 1. The second kappa shape index (κ2) is 9.43. The van der Waals surface area contributed by atoms with E-state index in [0.717, 1.165) is 38.5 Å². The molecule has 2 unspecified atom stereocenters. The van der Waals surface area contributed by atoms with Crippen molar-refractivity contribution in [2.24, 2.45) is 11.8 Å². The smallest absolute Gasteiger partial charge is 0.245 e. The first-order valence-corrected chi connectivity index (χ1v) is 11.1. The highest BCUT2D eigenvalue weighted by Gasteiger charge is 2.74. The summed E-state index contributed by atoms with van der Waals surface area (Å²) >= 11 is 0. The van der Waals surface area contributed by atoms with Crippen molar-refractivity contribution in [2.45, 2.75) is 76.0 Å². The quantitative estimate of drug-likeness (QED) is 0.433. The molecule has 3 fully saturated rings. The van der Waals surface area contributed by atoms with Crippen molar-refractivity contribution in [3.8, 4) is 0 Å². The van der Waals surface area contributed by atoms with Gasteiger partial charge < -0.3 is 25.4 Å². The third-order valence-corrected chi connectivity index (χ3v) is 6.73. The average molecular weight is 410 g/mol. The van der Waals surface area contributed by atoms with Crippen LogP contribution in [0.3, 0.4) is 0 Å². The van der Waals surface area contributed by atoms with Crippen LogP contribution in [-0.2, 0) is 19.1 Å². The van der Waals surface area contributed by atoms with E-state index in [1.165, 1.54) is 0 Å². The van der Waals surface area contributed by atoms with Gasteiger partial charge in [0, 0.05) is 26.7 Å². The van der Waals surface area contributed by atoms with Crippen molar-refractivity contribution >= 4 is 17.7 Å². The molecule has 3 aliphatic rings. The number of nitrogens with zero attached hydrogens (tertiary/aromatic N) is 1. The predicted molar refractivity (Wildman–Crippen MR) is 107 cm³/mol. The molecule has 0 aromatic carbocycles. The van der Waals surface area contributed by atoms with Crippen LogP contribution in [0.2, 0.25) is 0 Å². The minimum Gasteiger partial charge on any atom is -0.396 e. The summed E-state index contributed by atoms with van der Waals surface area (Å²) in [7, 11) is 1.58. The predicted octanol–water partition coefficient (Wildman–Crippen LogP) is 0.576. The fourth-order valence-corrected chi connectivity index (χ4v) is 5.39. The molecule has 3 amide bonds. The number of fused-ring (bicyclic) bond motifs is 1. The molecular formula is C21H35N3O5. The lowest BCUT2D eigenvalue weighted by molar-refractivity contribution is -0.142. The molecule has 3 aliphatic heterocycles. The van der Waals surface area contributed by atoms with Gasteiger partial charge in [-0.05, 0) is 32.1 Å². The van der Waals surface area contributed by atoms with Crippen LogP contribution in [0.15, 0.2) is 0 Å². The monoisotopic (exact) mass is 409 g/mol. The van der Waals surface area contributed by atoms with Gasteiger partial charge in [0.05, 0.1) is 17.9 Å². The first-order chi connectivity index (χ1) is 14.0. The van der Waals surface area contributed by atoms with Crippen LogP contribution >= 0.6 is 0 Å². The van der Waals surface area contributed by atoms with Gasteiger partial charge in [-0.15, -0.1) is 0 Å². The van der Waals surface area contributed by atoms with Gasteiger partial charge in [0.2, 0.25) is 17.7 Å². The Labute approximate surface area is 172 Å². The zero-order valence-electron chi connectivity index (χ0n) is 17.6. The summed E-state index contributed by atoms with van der Waals surface area (Å²) in [4.78, 5) is 40.8. The van der Waals surface area contributed by atoms with E-state index >= 15 is 0 Å². The van der Waals surface area contributed by atoms with E-state index < -0.39 is 23.5 Å². The Morgan fingerprint density at radius 1 is 1.21 bits per heavy atom. The minimum absolute atomic E-state index is 0.126. The average Bonchev–Trinajstić information content (AvgIpc) is 3.35. The van der Waals surface area contributed by atoms with Crippen molar-refractivity contribution in [2.75, 3.05) is 26.7 Å². The summed E-state index contributed by atoms with van der Waals surface area (Å²) in [6.45, 7) is 3.28. The minimum atomic E-state index is -0.889. The molecular weight excluding hydrogens is 374 g/mol. The summed E-state index contributed by atoms with van der Waals surface area (Å²) in [6.07, 6.45) is 6.18. The molecule has 3 N–H and O–H groups in total. The Morgan fingerprint density at radius 3 is 2.66 bits per heavy atom. The first-order valence-electron chi connectivity index (χ1n) is 11.1. The number of rotatable bonds is 11. The number of carbonyl (C=O) groups excluding carboxylic acids is 3. The topological polar surface area (TPSA) is 108 Å². The molecule has 8 nitrogen and oxygen atoms in total. The van der Waals surface area contributed by atoms with Crippen LogP contribution in [0.5, 0.6) is 0 Å². The Kier molecular flexibility index (Phi) is 7.16. The van der Waals surface area contributed by atoms with Gasteiger partial charge in [0.1, 0.15) is 11.6 Å². The number of carbonyl (C=O) groups is 3. The lowest BCUT2D eigenvalue weighted by atomic mass is 9.70. The highest BCUT2D eigenvalue weighted by atomic mass is 16.5. The van der Waals surface area contributed by atoms with Gasteiger partial charge in [0.25, 0.3) is 0 Å². The number of likely N-dealkylation sites (tertiary alicyclic amines) is 1. The van der Waals surface area contributed by atoms with Crippen molar-refractivity contribution < 1.29 is 24.2 Å². The molecule has 3 rings (SSSR count). The Bertz CT molecular complexity index is 627. The van der Waals surface area contributed by atoms with E-state index in [-0.39, 0.29) is 30.4 Å². The molecule has 2 bridgehead atoms. The van der Waals surface area contributed by atoms with Gasteiger partial charge >= 0.3 is 0 Å². The van der Waals surface area contributed by atoms with Crippen LogP contribution in [0, 0.1) is 11.8 Å². The first kappa shape index (κ1) is 22.0. The molecule has 8 heteroatoms. The summed E-state index contributed by atoms with van der Waals surface area (Å²) in [5.74, 6) is -1.57. The van der Waals surface area contributed by atoms with Crippen LogP contribution in [0.1, 0.15) is 58.3 Å². The summed E-state index contributed by atoms with van der Waals surface area (Å²) in [6, 6.07) is -0.672. The van der Waals surface area contributed by atoms with Crippen LogP contribution in [0.4, 0.5) is 0 Å². The zero-order valence-corrected chi connectivity index (χ0v) is 17.6. The van der Waals surface area contributed by atoms with Gasteiger partial charge in [-0.1, -0.05) is 26.2 Å². The second-order valence-electron chi connectivity index (χ2n) is 8.48. The van der Waals surface area contributed by atoms with Crippen LogP contribution in [-0.4, -0.2) is 72.2 Å². The molecule has 0 radical (unpaired) electrons. The Balaban J connectivity index is 1.81. The Hall–Kier alpha value is -1.67. The van der Waals surface area contributed by atoms with E-state index in [4.69, 9.17) is 9.84 Å². The van der Waals surface area contributed by atoms with Gasteiger partial charge in [0.15, 0.2) is 0 Å². The maximum Gasteiger partial charge on any atom is 0.245 e. The van der Waals surface area contributed by atoms with E-state index in [2.05, 4.69) is 17.6 Å². The third-order valence-electron chi connectivity index (χ3n) is 6.73. The number of aliphatic hydroxyl groups is 1. The standard InChI is InChI=1S/C21H35N3O5/c1-3-4-11-23-19(27)17-21-10-9-14(29-21)15(18(26)22-2)16(21)20(28)24(17)12-7-5-6-8-13-25/h14-17,25H,3-13H2,1-2H3,(H,22,26)(H,23,27)/t14-,15+,16-,17?,21?/m0/s1. The maximum atomic E-state index is 13.4. The van der Waals surface area contributed by atoms with E-state index in [1.54, 1.807) is 11.9 Å². The SMILES string of the molecule is CCCCNC(=O)C1N(CCCCCCO)C(=O)[C@@H]2[C@H](C(=O)NC)[C@@H]3CCC12O3. The summed E-state index contributed by atoms with van der Waals surface area (Å²) in [5, 5.41) is 14.6. The van der Waals surface area contributed by atoms with Gasteiger partial charge in [-0.25, -0.2) is 0 Å². The summed E-state index contributed by atoms with van der Waals surface area (Å²) in [5.41, 5.74) is -0.889. The van der Waals surface area contributed by atoms with E-state index in [0.29, 0.717) is 25.9 Å². The van der Waals surface area contributed by atoms with Crippen molar-refractivity contribution in [3.05, 3.63) is 0 Å². The molecule has 0 aromatic heterocycles. The fourth-order valence-electron chi connectivity index (χ4n) is 5.39. The highest BCUT2D eigenvalue weighted by molar-refractivity contribution is 5.98. The molecule has 1 spiro atoms. The van der Waals surface area contributed by atoms with Gasteiger partial charge in [-0.3, -0.25) is 14.4 Å². The number of unbranched alkanes of at least 4 members (excludes halogenated alkanes) is 4. The van der Waals surface area contributed by atoms with E-state index in [1.807, 2.05) is 0 Å². The number of hydrogen-bond acceptors (Lipinski definition) is 5. The fraction of sp³-hybridized carbons (Fsp3) is 0.857. The van der Waals surface area contributed by atoms with Crippen LogP contribution < -0.4 is 10.6 Å². The lowest BCUT2D eigenvalue weighted by Crippen LogP contribution is -2.55. The number of nitrogens with one attached hydrogen (secondary N) is 2. The maximum absolute atomic E-state index is 13.4. The second-order valence-corrected chi connectivity index (χ2v) is 8.48. The van der Waals surface area contributed by atoms with E-state index in [9.17, 15) is 14.4 Å². The number of amides is 3. The van der Waals surface area contributed by atoms with Gasteiger partial charge in [-0.2, -0.15) is 0 Å². The molecule has 5 atom stereocenters. The molecule has 0 aromatic rings. The van der Waals surface area contributed by atoms with Crippen LogP contribution in [0.25, 0.3) is 0 Å². The molecule has 3 saturated heterocycles. The molecule has 0 aliphatic carbocycles. The largest absolute Gasteiger partial charge is 0.396 e.